The maximum atomic E-state index is 6.16. The van der Waals surface area contributed by atoms with Gasteiger partial charge in [0.2, 0.25) is 0 Å². The molecular weight excluding hydrogens is 296 g/mol. The van der Waals surface area contributed by atoms with Gasteiger partial charge < -0.3 is 10.5 Å². The van der Waals surface area contributed by atoms with E-state index in [0.717, 1.165) is 17.9 Å². The Balaban J connectivity index is 2.25. The molecule has 24 heavy (non-hydrogen) atoms. The first-order valence-electron chi connectivity index (χ1n) is 8.69. The van der Waals surface area contributed by atoms with Crippen molar-refractivity contribution < 1.29 is 4.74 Å². The van der Waals surface area contributed by atoms with Crippen LogP contribution in [0.2, 0.25) is 0 Å². The zero-order valence-electron chi connectivity index (χ0n) is 15.3. The predicted octanol–water partition coefficient (Wildman–Crippen LogP) is 4.39. The Bertz CT molecular complexity index is 619. The summed E-state index contributed by atoms with van der Waals surface area (Å²) < 4.78 is 6.13. The summed E-state index contributed by atoms with van der Waals surface area (Å²) in [6, 6.07) is 18.6. The van der Waals surface area contributed by atoms with Crippen molar-refractivity contribution in [3.63, 3.8) is 0 Å². The van der Waals surface area contributed by atoms with E-state index in [0.29, 0.717) is 13.2 Å². The van der Waals surface area contributed by atoms with Gasteiger partial charge in [0, 0.05) is 17.6 Å². The summed E-state index contributed by atoms with van der Waals surface area (Å²) in [7, 11) is 0. The minimum Gasteiger partial charge on any atom is -0.489 e. The summed E-state index contributed by atoms with van der Waals surface area (Å²) in [5.41, 5.74) is 8.53. The lowest BCUT2D eigenvalue weighted by atomic mass is 9.97. The van der Waals surface area contributed by atoms with Crippen LogP contribution < -0.4 is 10.5 Å². The van der Waals surface area contributed by atoms with Crippen molar-refractivity contribution in [1.82, 2.24) is 4.90 Å². The number of ether oxygens (including phenoxy) is 1. The number of nitrogens with two attached hydrogens (primary N) is 1. The Hall–Kier alpha value is -1.84. The summed E-state index contributed by atoms with van der Waals surface area (Å²) in [4.78, 5) is 2.43. The van der Waals surface area contributed by atoms with E-state index in [2.05, 4.69) is 56.9 Å². The molecule has 0 aliphatic heterocycles. The van der Waals surface area contributed by atoms with Crippen LogP contribution in [0, 0.1) is 0 Å². The third-order valence-electron chi connectivity index (χ3n) is 4.32. The Morgan fingerprint density at radius 2 is 1.62 bits per heavy atom. The highest BCUT2D eigenvalue weighted by Gasteiger charge is 2.29. The average molecular weight is 326 g/mol. The van der Waals surface area contributed by atoms with Gasteiger partial charge in [0.05, 0.1) is 6.04 Å². The Morgan fingerprint density at radius 3 is 2.21 bits per heavy atom. The zero-order chi connectivity index (χ0) is 17.6. The smallest absolute Gasteiger partial charge is 0.124 e. The van der Waals surface area contributed by atoms with Gasteiger partial charge >= 0.3 is 0 Å². The van der Waals surface area contributed by atoms with Crippen molar-refractivity contribution >= 4 is 0 Å². The molecule has 130 valence electrons. The quantitative estimate of drug-likeness (QED) is 0.820. The molecule has 3 nitrogen and oxygen atoms in total. The second-order valence-electron chi connectivity index (χ2n) is 7.02. The minimum absolute atomic E-state index is 0.0470. The molecule has 1 atom stereocenters. The lowest BCUT2D eigenvalue weighted by Crippen LogP contribution is -2.46. The molecule has 0 aliphatic rings. The van der Waals surface area contributed by atoms with Gasteiger partial charge in [-0.05, 0) is 38.9 Å². The molecule has 2 aromatic carbocycles. The van der Waals surface area contributed by atoms with E-state index < -0.39 is 0 Å². The summed E-state index contributed by atoms with van der Waals surface area (Å²) in [6.07, 6.45) is 0. The second-order valence-corrected chi connectivity index (χ2v) is 7.02. The highest BCUT2D eigenvalue weighted by molar-refractivity contribution is 5.37. The lowest BCUT2D eigenvalue weighted by Gasteiger charge is -2.41. The molecule has 0 aliphatic carbocycles. The lowest BCUT2D eigenvalue weighted by molar-refractivity contribution is 0.0898. The summed E-state index contributed by atoms with van der Waals surface area (Å²) in [6.45, 7) is 10.9. The van der Waals surface area contributed by atoms with Crippen LogP contribution >= 0.6 is 0 Å². The number of hydrogen-bond donors (Lipinski definition) is 1. The molecule has 0 heterocycles. The number of rotatable bonds is 7. The molecule has 0 saturated carbocycles. The van der Waals surface area contributed by atoms with Crippen molar-refractivity contribution in [2.45, 2.75) is 45.9 Å². The number of nitrogens with zero attached hydrogens (tertiary/aromatic N) is 1. The molecule has 0 amide bonds. The summed E-state index contributed by atoms with van der Waals surface area (Å²) in [5, 5.41) is 0. The van der Waals surface area contributed by atoms with E-state index in [9.17, 15) is 0 Å². The molecule has 0 aromatic heterocycles. The first kappa shape index (κ1) is 18.5. The third-order valence-corrected chi connectivity index (χ3v) is 4.32. The standard InChI is InChI=1S/C21H30N2O/c1-5-23(21(2,3)4)19(15-22)18-13-9-10-14-20(18)24-16-17-11-7-6-8-12-17/h6-14,19H,5,15-16,22H2,1-4H3. The van der Waals surface area contributed by atoms with Gasteiger partial charge in [-0.15, -0.1) is 0 Å². The summed E-state index contributed by atoms with van der Waals surface area (Å²) >= 11 is 0. The van der Waals surface area contributed by atoms with Crippen LogP contribution in [-0.4, -0.2) is 23.5 Å². The van der Waals surface area contributed by atoms with Gasteiger partial charge in [-0.25, -0.2) is 0 Å². The van der Waals surface area contributed by atoms with Crippen LogP contribution in [0.1, 0.15) is 44.9 Å². The van der Waals surface area contributed by atoms with Crippen LogP contribution in [0.4, 0.5) is 0 Å². The van der Waals surface area contributed by atoms with Crippen molar-refractivity contribution in [2.75, 3.05) is 13.1 Å². The molecule has 0 spiro atoms. The Labute approximate surface area is 146 Å². The van der Waals surface area contributed by atoms with E-state index >= 15 is 0 Å². The highest BCUT2D eigenvalue weighted by Crippen LogP contribution is 2.33. The van der Waals surface area contributed by atoms with Gasteiger partial charge in [-0.2, -0.15) is 0 Å². The molecule has 2 N–H and O–H groups in total. The molecule has 0 saturated heterocycles. The SMILES string of the molecule is CCN(C(CN)c1ccccc1OCc1ccccc1)C(C)(C)C. The average Bonchev–Trinajstić information content (AvgIpc) is 2.58. The molecule has 2 rings (SSSR count). The minimum atomic E-state index is 0.0470. The maximum absolute atomic E-state index is 6.16. The van der Waals surface area contributed by atoms with Crippen molar-refractivity contribution in [3.8, 4) is 5.75 Å². The van der Waals surface area contributed by atoms with Gasteiger partial charge in [0.1, 0.15) is 12.4 Å². The molecule has 1 unspecified atom stereocenters. The number of para-hydroxylation sites is 1. The maximum Gasteiger partial charge on any atom is 0.124 e. The number of likely N-dealkylation sites (N-methyl/N-ethyl adjacent to an activating group) is 1. The zero-order valence-corrected chi connectivity index (χ0v) is 15.3. The van der Waals surface area contributed by atoms with Crippen molar-refractivity contribution in [2.24, 2.45) is 5.73 Å². The molecule has 2 aromatic rings. The van der Waals surface area contributed by atoms with Crippen LogP contribution in [0.3, 0.4) is 0 Å². The van der Waals surface area contributed by atoms with Crippen LogP contribution in [0.5, 0.6) is 5.75 Å². The molecule has 3 heteroatoms. The van der Waals surface area contributed by atoms with Gasteiger partial charge in [-0.3, -0.25) is 4.90 Å². The van der Waals surface area contributed by atoms with E-state index in [4.69, 9.17) is 10.5 Å². The molecule has 0 fully saturated rings. The van der Waals surface area contributed by atoms with Crippen LogP contribution in [-0.2, 0) is 6.61 Å². The van der Waals surface area contributed by atoms with Crippen molar-refractivity contribution in [3.05, 3.63) is 65.7 Å². The van der Waals surface area contributed by atoms with E-state index in [1.54, 1.807) is 0 Å². The monoisotopic (exact) mass is 326 g/mol. The summed E-state index contributed by atoms with van der Waals surface area (Å²) in [5.74, 6) is 0.916. The van der Waals surface area contributed by atoms with Crippen molar-refractivity contribution in [1.29, 1.82) is 0 Å². The predicted molar refractivity (Wildman–Crippen MR) is 101 cm³/mol. The molecule has 0 radical (unpaired) electrons. The first-order valence-corrected chi connectivity index (χ1v) is 8.69. The highest BCUT2D eigenvalue weighted by atomic mass is 16.5. The van der Waals surface area contributed by atoms with Gasteiger partial charge in [-0.1, -0.05) is 55.5 Å². The number of benzene rings is 2. The molecule has 0 bridgehead atoms. The Kier molecular flexibility index (Phi) is 6.41. The van der Waals surface area contributed by atoms with Crippen LogP contribution in [0.25, 0.3) is 0 Å². The topological polar surface area (TPSA) is 38.5 Å². The van der Waals surface area contributed by atoms with Crippen LogP contribution in [0.15, 0.2) is 54.6 Å². The van der Waals surface area contributed by atoms with E-state index in [-0.39, 0.29) is 11.6 Å². The fraction of sp³-hybridized carbons (Fsp3) is 0.429. The largest absolute Gasteiger partial charge is 0.489 e. The van der Waals surface area contributed by atoms with E-state index in [1.807, 2.05) is 30.3 Å². The first-order chi connectivity index (χ1) is 11.5. The van der Waals surface area contributed by atoms with Gasteiger partial charge in [0.15, 0.2) is 0 Å². The Morgan fingerprint density at radius 1 is 1.00 bits per heavy atom. The third kappa shape index (κ3) is 4.59. The molecular formula is C21H30N2O. The number of hydrogen-bond acceptors (Lipinski definition) is 3. The fourth-order valence-corrected chi connectivity index (χ4v) is 3.21. The fourth-order valence-electron chi connectivity index (χ4n) is 3.21. The normalized spacial score (nSPS) is 13.1. The van der Waals surface area contributed by atoms with E-state index in [1.165, 1.54) is 5.56 Å². The van der Waals surface area contributed by atoms with Gasteiger partial charge in [0.25, 0.3) is 0 Å². The second kappa shape index (κ2) is 8.32.